The molecule has 0 bridgehead atoms. The van der Waals surface area contributed by atoms with Crippen LogP contribution in [-0.2, 0) is 4.74 Å². The van der Waals surface area contributed by atoms with E-state index in [1.165, 1.54) is 7.11 Å². The molecule has 2 unspecified atom stereocenters. The van der Waals surface area contributed by atoms with Crippen molar-refractivity contribution in [1.82, 2.24) is 5.32 Å². The summed E-state index contributed by atoms with van der Waals surface area (Å²) in [6, 6.07) is 8.56. The van der Waals surface area contributed by atoms with Crippen LogP contribution < -0.4 is 10.2 Å². The first kappa shape index (κ1) is 12.9. The normalized spacial score (nSPS) is 23.8. The minimum atomic E-state index is -0.288. The lowest BCUT2D eigenvalue weighted by molar-refractivity contribution is 0.0601. The summed E-state index contributed by atoms with van der Waals surface area (Å²) >= 11 is 0. The molecule has 1 fully saturated rings. The Morgan fingerprint density at radius 1 is 1.22 bits per heavy atom. The van der Waals surface area contributed by atoms with Crippen LogP contribution in [0.3, 0.4) is 0 Å². The summed E-state index contributed by atoms with van der Waals surface area (Å²) in [5.74, 6) is -0.288. The molecule has 2 atom stereocenters. The second-order valence-corrected chi connectivity index (χ2v) is 4.91. The molecule has 1 heterocycles. The van der Waals surface area contributed by atoms with Crippen molar-refractivity contribution >= 4 is 11.7 Å². The van der Waals surface area contributed by atoms with Gasteiger partial charge in [-0.05, 0) is 38.1 Å². The molecule has 18 heavy (non-hydrogen) atoms. The van der Waals surface area contributed by atoms with Gasteiger partial charge in [0.25, 0.3) is 0 Å². The largest absolute Gasteiger partial charge is 0.465 e. The maximum Gasteiger partial charge on any atom is 0.337 e. The minimum absolute atomic E-state index is 0.288. The molecule has 1 aliphatic heterocycles. The number of esters is 1. The van der Waals surface area contributed by atoms with Crippen LogP contribution in [0.1, 0.15) is 24.2 Å². The van der Waals surface area contributed by atoms with Crippen molar-refractivity contribution in [2.75, 3.05) is 25.1 Å². The van der Waals surface area contributed by atoms with E-state index in [-0.39, 0.29) is 5.97 Å². The van der Waals surface area contributed by atoms with Gasteiger partial charge >= 0.3 is 5.97 Å². The number of rotatable bonds is 2. The first-order chi connectivity index (χ1) is 8.60. The highest BCUT2D eigenvalue weighted by Gasteiger charge is 2.21. The number of carbonyl (C=O) groups excluding carboxylic acids is 1. The number of nitrogens with zero attached hydrogens (tertiary/aromatic N) is 1. The topological polar surface area (TPSA) is 41.6 Å². The quantitative estimate of drug-likeness (QED) is 0.808. The predicted octanol–water partition coefficient (Wildman–Crippen LogP) is 1.66. The Labute approximate surface area is 108 Å². The van der Waals surface area contributed by atoms with Gasteiger partial charge < -0.3 is 15.0 Å². The van der Waals surface area contributed by atoms with Gasteiger partial charge in [0.1, 0.15) is 0 Å². The fraction of sp³-hybridized carbons (Fsp3) is 0.500. The van der Waals surface area contributed by atoms with Gasteiger partial charge in [-0.1, -0.05) is 0 Å². The van der Waals surface area contributed by atoms with Crippen LogP contribution in [0, 0.1) is 0 Å². The summed E-state index contributed by atoms with van der Waals surface area (Å²) in [4.78, 5) is 13.7. The summed E-state index contributed by atoms with van der Waals surface area (Å²) in [5, 5.41) is 3.50. The van der Waals surface area contributed by atoms with E-state index in [1.807, 2.05) is 24.3 Å². The van der Waals surface area contributed by atoms with Gasteiger partial charge in [-0.25, -0.2) is 4.79 Å². The standard InChI is InChI=1S/C14H20N2O2/c1-10-8-16(9-11(2)15-10)13-6-4-12(5-7-13)14(17)18-3/h4-7,10-11,15H,8-9H2,1-3H3. The summed E-state index contributed by atoms with van der Waals surface area (Å²) in [7, 11) is 1.40. The maximum absolute atomic E-state index is 11.4. The van der Waals surface area contributed by atoms with E-state index in [4.69, 9.17) is 4.74 Å². The average molecular weight is 248 g/mol. The molecule has 4 nitrogen and oxygen atoms in total. The highest BCUT2D eigenvalue weighted by Crippen LogP contribution is 2.18. The molecule has 0 radical (unpaired) electrons. The SMILES string of the molecule is COC(=O)c1ccc(N2CC(C)NC(C)C2)cc1. The van der Waals surface area contributed by atoms with Crippen molar-refractivity contribution in [3.8, 4) is 0 Å². The predicted molar refractivity (Wildman–Crippen MR) is 72.1 cm³/mol. The molecule has 1 aromatic rings. The fourth-order valence-corrected chi connectivity index (χ4v) is 2.46. The molecule has 2 rings (SSSR count). The van der Waals surface area contributed by atoms with Crippen LogP contribution in [-0.4, -0.2) is 38.3 Å². The molecule has 0 aromatic heterocycles. The number of benzene rings is 1. The summed E-state index contributed by atoms with van der Waals surface area (Å²) in [6.07, 6.45) is 0. The number of ether oxygens (including phenoxy) is 1. The molecule has 0 aliphatic carbocycles. The molecule has 1 aromatic carbocycles. The Kier molecular flexibility index (Phi) is 3.87. The molecule has 0 spiro atoms. The lowest BCUT2D eigenvalue weighted by atomic mass is 10.1. The van der Waals surface area contributed by atoms with Crippen LogP contribution in [0.25, 0.3) is 0 Å². The Balaban J connectivity index is 2.11. The smallest absolute Gasteiger partial charge is 0.337 e. The molecular weight excluding hydrogens is 228 g/mol. The number of hydrogen-bond acceptors (Lipinski definition) is 4. The zero-order chi connectivity index (χ0) is 13.1. The van der Waals surface area contributed by atoms with Crippen molar-refractivity contribution in [3.63, 3.8) is 0 Å². The van der Waals surface area contributed by atoms with Crippen molar-refractivity contribution in [2.24, 2.45) is 0 Å². The number of methoxy groups -OCH3 is 1. The highest BCUT2D eigenvalue weighted by atomic mass is 16.5. The minimum Gasteiger partial charge on any atom is -0.465 e. The van der Waals surface area contributed by atoms with Crippen LogP contribution >= 0.6 is 0 Å². The fourth-order valence-electron chi connectivity index (χ4n) is 2.46. The summed E-state index contributed by atoms with van der Waals surface area (Å²) in [6.45, 7) is 6.35. The Hall–Kier alpha value is -1.55. The average Bonchev–Trinajstić information content (AvgIpc) is 2.37. The zero-order valence-electron chi connectivity index (χ0n) is 11.1. The number of piperazine rings is 1. The van der Waals surface area contributed by atoms with Gasteiger partial charge in [-0.15, -0.1) is 0 Å². The van der Waals surface area contributed by atoms with Gasteiger partial charge in [0, 0.05) is 30.9 Å². The second-order valence-electron chi connectivity index (χ2n) is 4.91. The summed E-state index contributed by atoms with van der Waals surface area (Å²) < 4.78 is 4.69. The second kappa shape index (κ2) is 5.40. The summed E-state index contributed by atoms with van der Waals surface area (Å²) in [5.41, 5.74) is 1.75. The van der Waals surface area contributed by atoms with E-state index in [9.17, 15) is 4.79 Å². The number of carbonyl (C=O) groups is 1. The van der Waals surface area contributed by atoms with Gasteiger partial charge in [-0.2, -0.15) is 0 Å². The Bertz CT molecular complexity index is 406. The first-order valence-corrected chi connectivity index (χ1v) is 6.29. The molecule has 0 amide bonds. The van der Waals surface area contributed by atoms with Crippen molar-refractivity contribution < 1.29 is 9.53 Å². The number of anilines is 1. The molecular formula is C14H20N2O2. The van der Waals surface area contributed by atoms with E-state index >= 15 is 0 Å². The van der Waals surface area contributed by atoms with Gasteiger partial charge in [-0.3, -0.25) is 0 Å². The monoisotopic (exact) mass is 248 g/mol. The van der Waals surface area contributed by atoms with Crippen LogP contribution in [0.15, 0.2) is 24.3 Å². The molecule has 4 heteroatoms. The van der Waals surface area contributed by atoms with Gasteiger partial charge in [0.15, 0.2) is 0 Å². The first-order valence-electron chi connectivity index (χ1n) is 6.29. The van der Waals surface area contributed by atoms with Gasteiger partial charge in [0.2, 0.25) is 0 Å². The molecule has 1 N–H and O–H groups in total. The van der Waals surface area contributed by atoms with Crippen LogP contribution in [0.2, 0.25) is 0 Å². The van der Waals surface area contributed by atoms with E-state index in [0.717, 1.165) is 18.8 Å². The third-order valence-corrected chi connectivity index (χ3v) is 3.21. The molecule has 0 saturated carbocycles. The van der Waals surface area contributed by atoms with E-state index in [0.29, 0.717) is 17.6 Å². The van der Waals surface area contributed by atoms with Crippen molar-refractivity contribution in [2.45, 2.75) is 25.9 Å². The third kappa shape index (κ3) is 2.82. The lowest BCUT2D eigenvalue weighted by Crippen LogP contribution is -2.54. The van der Waals surface area contributed by atoms with Crippen molar-refractivity contribution in [3.05, 3.63) is 29.8 Å². The van der Waals surface area contributed by atoms with E-state index in [1.54, 1.807) is 0 Å². The Morgan fingerprint density at radius 3 is 2.28 bits per heavy atom. The molecule has 1 saturated heterocycles. The highest BCUT2D eigenvalue weighted by molar-refractivity contribution is 5.89. The maximum atomic E-state index is 11.4. The molecule has 1 aliphatic rings. The van der Waals surface area contributed by atoms with Crippen molar-refractivity contribution in [1.29, 1.82) is 0 Å². The van der Waals surface area contributed by atoms with E-state index < -0.39 is 0 Å². The Morgan fingerprint density at radius 2 is 1.78 bits per heavy atom. The number of nitrogens with one attached hydrogen (secondary N) is 1. The van der Waals surface area contributed by atoms with Crippen LogP contribution in [0.5, 0.6) is 0 Å². The van der Waals surface area contributed by atoms with Crippen LogP contribution in [0.4, 0.5) is 5.69 Å². The number of hydrogen-bond donors (Lipinski definition) is 1. The van der Waals surface area contributed by atoms with E-state index in [2.05, 4.69) is 24.1 Å². The lowest BCUT2D eigenvalue weighted by Gasteiger charge is -2.37. The molecule has 98 valence electrons. The zero-order valence-corrected chi connectivity index (χ0v) is 11.1. The third-order valence-electron chi connectivity index (χ3n) is 3.21. The van der Waals surface area contributed by atoms with Gasteiger partial charge in [0.05, 0.1) is 12.7 Å².